The molecule has 1 aliphatic rings. The third kappa shape index (κ3) is 4.71. The monoisotopic (exact) mass is 420 g/mol. The van der Waals surface area contributed by atoms with Crippen LogP contribution in [-0.4, -0.2) is 25.7 Å². The van der Waals surface area contributed by atoms with Gasteiger partial charge in [-0.25, -0.2) is 0 Å². The van der Waals surface area contributed by atoms with Gasteiger partial charge in [0.1, 0.15) is 17.8 Å². The van der Waals surface area contributed by atoms with Crippen molar-refractivity contribution >= 4 is 17.3 Å². The molecule has 0 unspecified atom stereocenters. The van der Waals surface area contributed by atoms with Crippen molar-refractivity contribution < 1.29 is 18.7 Å². The predicted molar refractivity (Wildman–Crippen MR) is 118 cm³/mol. The summed E-state index contributed by atoms with van der Waals surface area (Å²) in [6, 6.07) is 16.9. The standard InChI is InChI=1S/C24H24N2O5/c1-16-11-17-5-3-4-6-21(17)26(16)13-20-12-22(27)23(14-30-20)31-15-24(28)25-18-7-9-19(29-2)10-8-18/h3-10,12,14,16H,11,13,15H2,1-2H3,(H,25,28)/t16-/m0/s1. The minimum atomic E-state index is -0.379. The molecule has 2 aromatic carbocycles. The Bertz CT molecular complexity index is 1120. The third-order valence-corrected chi connectivity index (χ3v) is 5.26. The fourth-order valence-corrected chi connectivity index (χ4v) is 3.68. The summed E-state index contributed by atoms with van der Waals surface area (Å²) in [6.07, 6.45) is 2.23. The van der Waals surface area contributed by atoms with Gasteiger partial charge in [-0.2, -0.15) is 0 Å². The molecular weight excluding hydrogens is 396 g/mol. The van der Waals surface area contributed by atoms with E-state index in [0.29, 0.717) is 29.8 Å². The van der Waals surface area contributed by atoms with Crippen LogP contribution in [0.1, 0.15) is 18.2 Å². The number of nitrogens with zero attached hydrogens (tertiary/aromatic N) is 1. The molecule has 31 heavy (non-hydrogen) atoms. The molecule has 0 bridgehead atoms. The molecule has 2 heterocycles. The molecule has 0 spiro atoms. The van der Waals surface area contributed by atoms with Crippen LogP contribution < -0.4 is 25.1 Å². The van der Waals surface area contributed by atoms with Crippen LogP contribution >= 0.6 is 0 Å². The van der Waals surface area contributed by atoms with Gasteiger partial charge in [-0.3, -0.25) is 9.59 Å². The Morgan fingerprint density at radius 1 is 1.19 bits per heavy atom. The second kappa shape index (κ2) is 8.95. The average Bonchev–Trinajstić information content (AvgIpc) is 3.09. The number of rotatable bonds is 7. The van der Waals surface area contributed by atoms with Gasteiger partial charge in [-0.15, -0.1) is 0 Å². The second-order valence-corrected chi connectivity index (χ2v) is 7.45. The fraction of sp³-hybridized carbons (Fsp3) is 0.250. The van der Waals surface area contributed by atoms with Crippen LogP contribution in [0.4, 0.5) is 11.4 Å². The fourth-order valence-electron chi connectivity index (χ4n) is 3.68. The van der Waals surface area contributed by atoms with Gasteiger partial charge >= 0.3 is 0 Å². The molecule has 0 saturated carbocycles. The molecule has 0 aliphatic carbocycles. The number of carbonyl (C=O) groups excluding carboxylic acids is 1. The molecule has 0 fully saturated rings. The summed E-state index contributed by atoms with van der Waals surface area (Å²) in [5, 5.41) is 2.70. The molecule has 0 radical (unpaired) electrons. The molecule has 7 nitrogen and oxygen atoms in total. The summed E-state index contributed by atoms with van der Waals surface area (Å²) in [5.74, 6) is 0.863. The number of hydrogen-bond acceptors (Lipinski definition) is 6. The second-order valence-electron chi connectivity index (χ2n) is 7.45. The first-order valence-electron chi connectivity index (χ1n) is 10.1. The number of anilines is 2. The normalized spacial score (nSPS) is 14.8. The summed E-state index contributed by atoms with van der Waals surface area (Å²) < 4.78 is 16.1. The Morgan fingerprint density at radius 2 is 1.97 bits per heavy atom. The van der Waals surface area contributed by atoms with Gasteiger partial charge in [0.15, 0.2) is 6.61 Å². The van der Waals surface area contributed by atoms with Crippen LogP contribution in [0.15, 0.2) is 70.1 Å². The maximum atomic E-state index is 12.4. The largest absolute Gasteiger partial charge is 0.497 e. The number of amides is 1. The summed E-state index contributed by atoms with van der Waals surface area (Å²) in [7, 11) is 1.57. The SMILES string of the molecule is COc1ccc(NC(=O)COc2coc(CN3c4ccccc4C[C@@H]3C)cc2=O)cc1. The molecule has 1 amide bonds. The van der Waals surface area contributed by atoms with E-state index < -0.39 is 0 Å². The quantitative estimate of drug-likeness (QED) is 0.629. The lowest BCUT2D eigenvalue weighted by Gasteiger charge is -2.24. The van der Waals surface area contributed by atoms with Crippen LogP contribution in [0.5, 0.6) is 11.5 Å². The first kappa shape index (κ1) is 20.5. The van der Waals surface area contributed by atoms with Crippen LogP contribution in [0, 0.1) is 0 Å². The minimum Gasteiger partial charge on any atom is -0.497 e. The van der Waals surface area contributed by atoms with Crippen molar-refractivity contribution in [2.45, 2.75) is 25.9 Å². The van der Waals surface area contributed by atoms with Gasteiger partial charge < -0.3 is 24.1 Å². The number of methoxy groups -OCH3 is 1. The molecule has 7 heteroatoms. The molecule has 1 aliphatic heterocycles. The number of ether oxygens (including phenoxy) is 2. The highest BCUT2D eigenvalue weighted by molar-refractivity contribution is 5.91. The molecule has 1 atom stereocenters. The third-order valence-electron chi connectivity index (χ3n) is 5.26. The van der Waals surface area contributed by atoms with E-state index in [1.807, 2.05) is 12.1 Å². The lowest BCUT2D eigenvalue weighted by Crippen LogP contribution is -2.29. The first-order chi connectivity index (χ1) is 15.0. The number of benzene rings is 2. The Hall–Kier alpha value is -3.74. The van der Waals surface area contributed by atoms with E-state index in [-0.39, 0.29) is 23.7 Å². The molecule has 160 valence electrons. The van der Waals surface area contributed by atoms with Gasteiger partial charge in [-0.1, -0.05) is 18.2 Å². The van der Waals surface area contributed by atoms with Crippen molar-refractivity contribution in [3.05, 3.63) is 82.4 Å². The van der Waals surface area contributed by atoms with Crippen molar-refractivity contribution in [3.8, 4) is 11.5 Å². The topological polar surface area (TPSA) is 81.0 Å². The van der Waals surface area contributed by atoms with Crippen molar-refractivity contribution in [1.29, 1.82) is 0 Å². The summed E-state index contributed by atoms with van der Waals surface area (Å²) >= 11 is 0. The van der Waals surface area contributed by atoms with Gasteiger partial charge in [0.25, 0.3) is 5.91 Å². The van der Waals surface area contributed by atoms with Gasteiger partial charge in [0.05, 0.1) is 13.7 Å². The van der Waals surface area contributed by atoms with E-state index in [2.05, 4.69) is 29.3 Å². The Morgan fingerprint density at radius 3 is 2.71 bits per heavy atom. The minimum absolute atomic E-state index is 0.00324. The van der Waals surface area contributed by atoms with Crippen LogP contribution in [0.2, 0.25) is 0 Å². The zero-order chi connectivity index (χ0) is 21.8. The Labute approximate surface area is 180 Å². The average molecular weight is 420 g/mol. The number of nitrogens with one attached hydrogen (secondary N) is 1. The van der Waals surface area contributed by atoms with E-state index >= 15 is 0 Å². The maximum Gasteiger partial charge on any atom is 0.262 e. The number of para-hydroxylation sites is 1. The van der Waals surface area contributed by atoms with Gasteiger partial charge in [-0.05, 0) is 49.2 Å². The van der Waals surface area contributed by atoms with Gasteiger partial charge in [0, 0.05) is 23.5 Å². The lowest BCUT2D eigenvalue weighted by molar-refractivity contribution is -0.118. The van der Waals surface area contributed by atoms with E-state index in [9.17, 15) is 9.59 Å². The van der Waals surface area contributed by atoms with E-state index in [4.69, 9.17) is 13.9 Å². The van der Waals surface area contributed by atoms with E-state index in [0.717, 1.165) is 12.1 Å². The Balaban J connectivity index is 1.35. The van der Waals surface area contributed by atoms with Gasteiger partial charge in [0.2, 0.25) is 11.2 Å². The Kier molecular flexibility index (Phi) is 5.93. The first-order valence-corrected chi connectivity index (χ1v) is 10.1. The van der Waals surface area contributed by atoms with E-state index in [1.54, 1.807) is 31.4 Å². The molecule has 0 saturated heterocycles. The highest BCUT2D eigenvalue weighted by Gasteiger charge is 2.26. The van der Waals surface area contributed by atoms with Crippen LogP contribution in [0.3, 0.4) is 0 Å². The smallest absolute Gasteiger partial charge is 0.262 e. The molecule has 1 N–H and O–H groups in total. The lowest BCUT2D eigenvalue weighted by atomic mass is 10.1. The summed E-state index contributed by atoms with van der Waals surface area (Å²) in [5.41, 5.74) is 2.74. The van der Waals surface area contributed by atoms with Crippen molar-refractivity contribution in [3.63, 3.8) is 0 Å². The number of fused-ring (bicyclic) bond motifs is 1. The summed E-state index contributed by atoms with van der Waals surface area (Å²) in [6.45, 7) is 2.34. The summed E-state index contributed by atoms with van der Waals surface area (Å²) in [4.78, 5) is 26.7. The van der Waals surface area contributed by atoms with Crippen molar-refractivity contribution in [2.75, 3.05) is 23.9 Å². The maximum absolute atomic E-state index is 12.4. The number of carbonyl (C=O) groups is 1. The van der Waals surface area contributed by atoms with Crippen LogP contribution in [-0.2, 0) is 17.8 Å². The zero-order valence-corrected chi connectivity index (χ0v) is 17.5. The molecule has 3 aromatic rings. The molecular formula is C24H24N2O5. The number of hydrogen-bond donors (Lipinski definition) is 1. The highest BCUT2D eigenvalue weighted by atomic mass is 16.5. The zero-order valence-electron chi connectivity index (χ0n) is 17.5. The van der Waals surface area contributed by atoms with Crippen LogP contribution in [0.25, 0.3) is 0 Å². The van der Waals surface area contributed by atoms with Crippen molar-refractivity contribution in [2.24, 2.45) is 0 Å². The van der Waals surface area contributed by atoms with E-state index in [1.165, 1.54) is 17.9 Å². The predicted octanol–water partition coefficient (Wildman–Crippen LogP) is 3.62. The molecule has 4 rings (SSSR count). The highest BCUT2D eigenvalue weighted by Crippen LogP contribution is 2.33. The van der Waals surface area contributed by atoms with Crippen molar-refractivity contribution in [1.82, 2.24) is 0 Å². The molecule has 1 aromatic heterocycles.